The summed E-state index contributed by atoms with van der Waals surface area (Å²) in [5.41, 5.74) is 0. The second-order valence-electron chi connectivity index (χ2n) is 0. The molecule has 0 fully saturated rings. The van der Waals surface area contributed by atoms with E-state index in [-0.39, 0.29) is 38.9 Å². The first-order chi connectivity index (χ1) is 0. The van der Waals surface area contributed by atoms with E-state index in [0.29, 0.717) is 0 Å². The van der Waals surface area contributed by atoms with Gasteiger partial charge >= 0.3 is 17.6 Å². The molecule has 3 heteroatoms. The maximum absolute atomic E-state index is 0. The van der Waals surface area contributed by atoms with Crippen LogP contribution in [0, 0.1) is 0 Å². The fraction of sp³-hybridized carbons (Fsp3) is 1.00. The summed E-state index contributed by atoms with van der Waals surface area (Å²) < 4.78 is 0. The third-order valence-corrected chi connectivity index (χ3v) is 0. The van der Waals surface area contributed by atoms with E-state index in [9.17, 15) is 0 Å². The van der Waals surface area contributed by atoms with Crippen LogP contribution in [0.25, 0.3) is 0 Å². The van der Waals surface area contributed by atoms with Gasteiger partial charge in [0.25, 0.3) is 0 Å². The van der Waals surface area contributed by atoms with Crippen LogP contribution in [0.4, 0.5) is 0 Å². The monoisotopic (exact) mass is 126 g/mol. The average molecular weight is 125 g/mol. The van der Waals surface area contributed by atoms with Gasteiger partial charge in [0.1, 0.15) is 0 Å². The minimum atomic E-state index is 0. The Morgan fingerprint density at radius 1 is 1.00 bits per heavy atom. The van der Waals surface area contributed by atoms with E-state index in [1.807, 2.05) is 0 Å². The zero-order chi connectivity index (χ0) is 0. The van der Waals surface area contributed by atoms with Crippen LogP contribution in [0.5, 0.6) is 0 Å². The molecule has 0 bridgehead atoms. The van der Waals surface area contributed by atoms with E-state index in [0.717, 1.165) is 0 Å². The van der Waals surface area contributed by atoms with Crippen molar-refractivity contribution in [3.63, 3.8) is 0 Å². The second kappa shape index (κ2) is 73.0. The quantitative estimate of drug-likeness (QED) is 0.312. The Morgan fingerprint density at radius 2 is 1.00 bits per heavy atom. The van der Waals surface area contributed by atoms with E-state index in [1.165, 1.54) is 0 Å². The van der Waals surface area contributed by atoms with Gasteiger partial charge in [-0.1, -0.05) is 7.43 Å². The summed E-state index contributed by atoms with van der Waals surface area (Å²) in [6.07, 6.45) is 0. The van der Waals surface area contributed by atoms with Crippen LogP contribution in [-0.4, -0.2) is 31.5 Å². The molecule has 0 aromatic carbocycles. The van der Waals surface area contributed by atoms with Crippen molar-refractivity contribution in [3.8, 4) is 0 Å². The third kappa shape index (κ3) is 19.6. The van der Waals surface area contributed by atoms with E-state index < -0.39 is 0 Å². The molecule has 4 heavy (non-hydrogen) atoms. The Labute approximate surface area is 39.6 Å². The second-order valence-corrected chi connectivity index (χ2v) is 0. The summed E-state index contributed by atoms with van der Waals surface area (Å²) >= 11 is 0. The summed E-state index contributed by atoms with van der Waals surface area (Å²) in [4.78, 5) is 0. The molecule has 1 nitrogen and oxygen atoms in total. The fourth-order valence-electron chi connectivity index (χ4n) is 0. The average Bonchev–Trinajstić information content (AvgIpc) is 0. The van der Waals surface area contributed by atoms with Gasteiger partial charge < -0.3 is 5.48 Å². The molecule has 0 amide bonds. The van der Waals surface area contributed by atoms with Crippen LogP contribution in [0.2, 0.25) is 0 Å². The van der Waals surface area contributed by atoms with Gasteiger partial charge in [0.2, 0.25) is 0 Å². The van der Waals surface area contributed by atoms with Crippen molar-refractivity contribution in [3.05, 3.63) is 0 Å². The van der Waals surface area contributed by atoms with Gasteiger partial charge in [-0.3, -0.25) is 0 Å². The maximum atomic E-state index is 0. The summed E-state index contributed by atoms with van der Waals surface area (Å²) in [7, 11) is 0. The predicted octanol–water partition coefficient (Wildman–Crippen LogP) is -2.82. The first-order valence-electron chi connectivity index (χ1n) is 0. The van der Waals surface area contributed by atoms with Crippen LogP contribution in [0.1, 0.15) is 7.43 Å². The summed E-state index contributed by atoms with van der Waals surface area (Å²) in [5.74, 6) is 0. The molecule has 0 unspecified atom stereocenters. The van der Waals surface area contributed by atoms with Gasteiger partial charge in [0.05, 0.1) is 8.41 Å². The molecular formula is CH13BGeO. The van der Waals surface area contributed by atoms with Crippen LogP contribution in [0.3, 0.4) is 0 Å². The number of hydrogen-bond acceptors (Lipinski definition) is 0. The molecule has 0 radical (unpaired) electrons. The van der Waals surface area contributed by atoms with E-state index in [1.54, 1.807) is 0 Å². The van der Waals surface area contributed by atoms with Crippen molar-refractivity contribution in [2.45, 2.75) is 7.43 Å². The van der Waals surface area contributed by atoms with Gasteiger partial charge in [0, 0.05) is 0 Å². The van der Waals surface area contributed by atoms with Crippen molar-refractivity contribution in [2.75, 3.05) is 0 Å². The van der Waals surface area contributed by atoms with Crippen LogP contribution < -0.4 is 0 Å². The Bertz CT molecular complexity index is 8.00. The van der Waals surface area contributed by atoms with Crippen molar-refractivity contribution < 1.29 is 5.48 Å². The Hall–Kier alpha value is 0.568. The first-order valence-corrected chi connectivity index (χ1v) is 0. The fourth-order valence-corrected chi connectivity index (χ4v) is 0. The molecule has 0 aliphatic rings. The number of hydrogen-bond donors (Lipinski definition) is 0. The minimum absolute atomic E-state index is 0. The SMILES string of the molecule is B.C.O.[GeH4]. The topological polar surface area (TPSA) is 31.5 Å². The molecule has 0 atom stereocenters. The van der Waals surface area contributed by atoms with E-state index in [2.05, 4.69) is 0 Å². The molecule has 0 aromatic rings. The predicted molar refractivity (Wildman–Crippen MR) is 31.6 cm³/mol. The molecular weight excluding hydrogens is 111 g/mol. The molecule has 0 aliphatic heterocycles. The standard InChI is InChI=1S/CH4.BH3.GeH4.H2O/h1H4;1H3;1H4;1H2. The van der Waals surface area contributed by atoms with Crippen LogP contribution in [0.15, 0.2) is 0 Å². The van der Waals surface area contributed by atoms with Crippen molar-refractivity contribution in [2.24, 2.45) is 0 Å². The summed E-state index contributed by atoms with van der Waals surface area (Å²) in [5, 5.41) is 0. The molecule has 0 heterocycles. The van der Waals surface area contributed by atoms with Crippen LogP contribution >= 0.6 is 0 Å². The molecule has 0 aliphatic carbocycles. The van der Waals surface area contributed by atoms with Gasteiger partial charge in [-0.25, -0.2) is 0 Å². The van der Waals surface area contributed by atoms with Crippen LogP contribution in [-0.2, 0) is 0 Å². The summed E-state index contributed by atoms with van der Waals surface area (Å²) in [6.45, 7) is 0. The molecule has 0 saturated carbocycles. The van der Waals surface area contributed by atoms with Gasteiger partial charge in [-0.05, 0) is 0 Å². The molecule has 0 spiro atoms. The van der Waals surface area contributed by atoms with E-state index >= 15 is 0 Å². The van der Waals surface area contributed by atoms with Gasteiger partial charge in [0.15, 0.2) is 0 Å². The molecule has 30 valence electrons. The summed E-state index contributed by atoms with van der Waals surface area (Å²) in [6, 6.07) is 0. The zero-order valence-electron chi connectivity index (χ0n) is 0.500. The van der Waals surface area contributed by atoms with Gasteiger partial charge in [-0.2, -0.15) is 0 Å². The van der Waals surface area contributed by atoms with Crippen molar-refractivity contribution in [1.29, 1.82) is 0 Å². The third-order valence-electron chi connectivity index (χ3n) is 0. The normalized spacial score (nSPS) is 0. The Kier molecular flexibility index (Phi) is 3290. The molecule has 2 N–H and O–H groups in total. The van der Waals surface area contributed by atoms with Crippen molar-refractivity contribution in [1.82, 2.24) is 0 Å². The first kappa shape index (κ1) is 180. The Morgan fingerprint density at radius 3 is 1.00 bits per heavy atom. The van der Waals surface area contributed by atoms with Gasteiger partial charge in [-0.15, -0.1) is 0 Å². The van der Waals surface area contributed by atoms with E-state index in [4.69, 9.17) is 0 Å². The zero-order valence-corrected chi connectivity index (χ0v) is 0.500. The number of rotatable bonds is 0. The molecule has 0 aromatic heterocycles. The van der Waals surface area contributed by atoms with Crippen molar-refractivity contribution >= 4 is 26.0 Å². The Balaban J connectivity index is 0. The molecule has 0 saturated heterocycles. The molecule has 0 rings (SSSR count).